The molecule has 24 heavy (non-hydrogen) atoms. The predicted octanol–water partition coefficient (Wildman–Crippen LogP) is 3.15. The smallest absolute Gasteiger partial charge is 0.337 e. The molecule has 2 aromatic rings. The quantitative estimate of drug-likeness (QED) is 0.672. The van der Waals surface area contributed by atoms with Gasteiger partial charge in [0.2, 0.25) is 5.91 Å². The molecular weight excluding hydrogens is 324 g/mol. The van der Waals surface area contributed by atoms with Gasteiger partial charge in [-0.05, 0) is 54.5 Å². The van der Waals surface area contributed by atoms with Crippen LogP contribution in [-0.4, -0.2) is 24.1 Å². The minimum absolute atomic E-state index is 0.0302. The Hall–Kier alpha value is -2.73. The number of benzene rings is 2. The summed E-state index contributed by atoms with van der Waals surface area (Å²) in [7, 11) is 1.34. The second-order valence-corrected chi connectivity index (χ2v) is 5.74. The van der Waals surface area contributed by atoms with E-state index in [2.05, 4.69) is 10.1 Å². The molecule has 0 saturated carbocycles. The fourth-order valence-electron chi connectivity index (χ4n) is 2.64. The SMILES string of the molecule is COC(=O)c1ccc(NC(=S)N2C(=O)CCc3ccccc32)cc1. The molecule has 6 heteroatoms. The summed E-state index contributed by atoms with van der Waals surface area (Å²) < 4.78 is 4.67. The molecular formula is C18H16N2O3S. The fourth-order valence-corrected chi connectivity index (χ4v) is 2.96. The lowest BCUT2D eigenvalue weighted by atomic mass is 10.0. The summed E-state index contributed by atoms with van der Waals surface area (Å²) >= 11 is 5.42. The van der Waals surface area contributed by atoms with Crippen LogP contribution in [0.3, 0.4) is 0 Å². The first-order chi connectivity index (χ1) is 11.6. The zero-order valence-corrected chi connectivity index (χ0v) is 13.9. The van der Waals surface area contributed by atoms with Crippen LogP contribution in [0.2, 0.25) is 0 Å². The third-order valence-corrected chi connectivity index (χ3v) is 4.14. The number of rotatable bonds is 2. The summed E-state index contributed by atoms with van der Waals surface area (Å²) in [5.41, 5.74) is 3.07. The minimum atomic E-state index is -0.399. The molecule has 5 nitrogen and oxygen atoms in total. The first kappa shape index (κ1) is 16.1. The average molecular weight is 340 g/mol. The number of hydrogen-bond acceptors (Lipinski definition) is 4. The molecule has 0 aromatic heterocycles. The second-order valence-electron chi connectivity index (χ2n) is 5.36. The largest absolute Gasteiger partial charge is 0.465 e. The van der Waals surface area contributed by atoms with Crippen LogP contribution < -0.4 is 10.2 Å². The Morgan fingerprint density at radius 1 is 1.12 bits per heavy atom. The lowest BCUT2D eigenvalue weighted by molar-refractivity contribution is -0.117. The third-order valence-electron chi connectivity index (χ3n) is 3.85. The van der Waals surface area contributed by atoms with Gasteiger partial charge in [0.15, 0.2) is 5.11 Å². The molecule has 1 amide bonds. The Bertz CT molecular complexity index is 802. The minimum Gasteiger partial charge on any atom is -0.465 e. The molecule has 1 aliphatic rings. The van der Waals surface area contributed by atoms with Crippen LogP contribution in [0.15, 0.2) is 48.5 Å². The van der Waals surface area contributed by atoms with E-state index < -0.39 is 5.97 Å². The molecule has 0 spiro atoms. The molecule has 122 valence electrons. The lowest BCUT2D eigenvalue weighted by Crippen LogP contribution is -2.42. The Balaban J connectivity index is 1.80. The van der Waals surface area contributed by atoms with Gasteiger partial charge in [-0.15, -0.1) is 0 Å². The normalized spacial score (nSPS) is 13.2. The maximum absolute atomic E-state index is 12.3. The number of nitrogens with zero attached hydrogens (tertiary/aromatic N) is 1. The maximum atomic E-state index is 12.3. The molecule has 0 aliphatic carbocycles. The lowest BCUT2D eigenvalue weighted by Gasteiger charge is -2.29. The summed E-state index contributed by atoms with van der Waals surface area (Å²) in [5, 5.41) is 3.37. The Kier molecular flexibility index (Phi) is 4.57. The number of carbonyl (C=O) groups excluding carboxylic acids is 2. The van der Waals surface area contributed by atoms with Gasteiger partial charge in [-0.2, -0.15) is 0 Å². The molecule has 0 radical (unpaired) electrons. The first-order valence-corrected chi connectivity index (χ1v) is 7.91. The molecule has 1 N–H and O–H groups in total. The molecule has 1 heterocycles. The number of nitrogens with one attached hydrogen (secondary N) is 1. The number of thiocarbonyl (C=S) groups is 1. The highest BCUT2D eigenvalue weighted by Crippen LogP contribution is 2.28. The highest BCUT2D eigenvalue weighted by Gasteiger charge is 2.27. The number of hydrogen-bond donors (Lipinski definition) is 1. The highest BCUT2D eigenvalue weighted by atomic mass is 32.1. The highest BCUT2D eigenvalue weighted by molar-refractivity contribution is 7.80. The predicted molar refractivity (Wildman–Crippen MR) is 96.3 cm³/mol. The Morgan fingerprint density at radius 3 is 2.54 bits per heavy atom. The van der Waals surface area contributed by atoms with E-state index in [0.29, 0.717) is 22.8 Å². The van der Waals surface area contributed by atoms with Crippen LogP contribution in [0.1, 0.15) is 22.3 Å². The number of amides is 1. The van der Waals surface area contributed by atoms with Gasteiger partial charge in [0.1, 0.15) is 0 Å². The summed E-state index contributed by atoms with van der Waals surface area (Å²) in [5.74, 6) is -0.429. The van der Waals surface area contributed by atoms with Crippen molar-refractivity contribution in [2.24, 2.45) is 0 Å². The van der Waals surface area contributed by atoms with E-state index in [1.54, 1.807) is 24.3 Å². The van der Waals surface area contributed by atoms with Crippen LogP contribution >= 0.6 is 12.2 Å². The number of para-hydroxylation sites is 1. The van der Waals surface area contributed by atoms with Crippen LogP contribution in [-0.2, 0) is 16.0 Å². The average Bonchev–Trinajstić information content (AvgIpc) is 2.61. The van der Waals surface area contributed by atoms with Gasteiger partial charge in [0.25, 0.3) is 0 Å². The summed E-state index contributed by atoms with van der Waals surface area (Å²) in [6.07, 6.45) is 1.15. The fraction of sp³-hybridized carbons (Fsp3) is 0.167. The number of anilines is 2. The van der Waals surface area contributed by atoms with Gasteiger partial charge in [-0.25, -0.2) is 4.79 Å². The van der Waals surface area contributed by atoms with E-state index in [9.17, 15) is 9.59 Å². The van der Waals surface area contributed by atoms with Gasteiger partial charge < -0.3 is 10.1 Å². The number of methoxy groups -OCH3 is 1. The Labute approximate surface area is 145 Å². The monoisotopic (exact) mass is 340 g/mol. The molecule has 2 aromatic carbocycles. The first-order valence-electron chi connectivity index (χ1n) is 7.50. The zero-order chi connectivity index (χ0) is 17.1. The van der Waals surface area contributed by atoms with Crippen molar-refractivity contribution >= 4 is 40.6 Å². The van der Waals surface area contributed by atoms with Crippen LogP contribution in [0.5, 0.6) is 0 Å². The van der Waals surface area contributed by atoms with Crippen LogP contribution in [0.4, 0.5) is 11.4 Å². The van der Waals surface area contributed by atoms with Crippen molar-refractivity contribution in [2.75, 3.05) is 17.3 Å². The molecule has 3 rings (SSSR count). The number of esters is 1. The molecule has 0 atom stereocenters. The topological polar surface area (TPSA) is 58.6 Å². The van der Waals surface area contributed by atoms with Crippen molar-refractivity contribution in [2.45, 2.75) is 12.8 Å². The number of ether oxygens (including phenoxy) is 1. The van der Waals surface area contributed by atoms with E-state index in [1.807, 2.05) is 24.3 Å². The van der Waals surface area contributed by atoms with E-state index in [1.165, 1.54) is 12.0 Å². The van der Waals surface area contributed by atoms with Gasteiger partial charge in [0.05, 0.1) is 18.4 Å². The summed E-state index contributed by atoms with van der Waals surface area (Å²) in [4.78, 5) is 25.3. The maximum Gasteiger partial charge on any atom is 0.337 e. The number of aryl methyl sites for hydroxylation is 1. The third kappa shape index (κ3) is 3.14. The number of fused-ring (bicyclic) bond motifs is 1. The van der Waals surface area contributed by atoms with Crippen molar-refractivity contribution in [1.82, 2.24) is 0 Å². The van der Waals surface area contributed by atoms with Gasteiger partial charge in [0, 0.05) is 12.1 Å². The van der Waals surface area contributed by atoms with Gasteiger partial charge in [-0.3, -0.25) is 9.69 Å². The van der Waals surface area contributed by atoms with Crippen molar-refractivity contribution in [3.8, 4) is 0 Å². The molecule has 0 saturated heterocycles. The van der Waals surface area contributed by atoms with E-state index in [0.717, 1.165) is 17.7 Å². The van der Waals surface area contributed by atoms with Crippen molar-refractivity contribution in [3.05, 3.63) is 59.7 Å². The van der Waals surface area contributed by atoms with Gasteiger partial charge in [-0.1, -0.05) is 18.2 Å². The van der Waals surface area contributed by atoms with E-state index >= 15 is 0 Å². The Morgan fingerprint density at radius 2 is 1.83 bits per heavy atom. The molecule has 0 fully saturated rings. The van der Waals surface area contributed by atoms with E-state index in [-0.39, 0.29) is 5.91 Å². The summed E-state index contributed by atoms with van der Waals surface area (Å²) in [6.45, 7) is 0. The molecule has 0 unspecified atom stereocenters. The zero-order valence-electron chi connectivity index (χ0n) is 13.1. The standard InChI is InChI=1S/C18H16N2O3S/c1-23-17(22)13-6-9-14(10-7-13)19-18(24)20-15-5-3-2-4-12(15)8-11-16(20)21/h2-7,9-10H,8,11H2,1H3,(H,19,24). The van der Waals surface area contributed by atoms with Crippen LogP contribution in [0.25, 0.3) is 0 Å². The molecule has 1 aliphatic heterocycles. The number of carbonyl (C=O) groups is 2. The van der Waals surface area contributed by atoms with E-state index in [4.69, 9.17) is 12.2 Å². The second kappa shape index (κ2) is 6.80. The van der Waals surface area contributed by atoms with Crippen LogP contribution in [0, 0.1) is 0 Å². The van der Waals surface area contributed by atoms with Crippen molar-refractivity contribution in [3.63, 3.8) is 0 Å². The summed E-state index contributed by atoms with van der Waals surface area (Å²) in [6, 6.07) is 14.5. The van der Waals surface area contributed by atoms with Gasteiger partial charge >= 0.3 is 5.97 Å². The van der Waals surface area contributed by atoms with Crippen molar-refractivity contribution in [1.29, 1.82) is 0 Å². The molecule has 0 bridgehead atoms. The van der Waals surface area contributed by atoms with Crippen molar-refractivity contribution < 1.29 is 14.3 Å².